The standard InChI is InChI=1S/C16H14F3NO2/c1-21-14-7-6-11(8-15(14)22-2)10-20-13-5-3-4-12(9-13)16(17,18)19/h3-10H,1-2H3. The molecule has 0 saturated carbocycles. The van der Waals surface area contributed by atoms with Crippen molar-refractivity contribution >= 4 is 11.9 Å². The first kappa shape index (κ1) is 15.9. The minimum absolute atomic E-state index is 0.226. The van der Waals surface area contributed by atoms with E-state index < -0.39 is 11.7 Å². The molecule has 0 aliphatic rings. The molecule has 0 fully saturated rings. The summed E-state index contributed by atoms with van der Waals surface area (Å²) < 4.78 is 48.2. The van der Waals surface area contributed by atoms with Crippen molar-refractivity contribution in [1.29, 1.82) is 0 Å². The molecule has 0 spiro atoms. The number of aliphatic imine (C=N–C) groups is 1. The summed E-state index contributed by atoms with van der Waals surface area (Å²) in [6, 6.07) is 9.96. The zero-order chi connectivity index (χ0) is 16.2. The molecule has 0 bridgehead atoms. The molecule has 0 amide bonds. The van der Waals surface area contributed by atoms with Gasteiger partial charge in [-0.3, -0.25) is 4.99 Å². The molecule has 0 aliphatic heterocycles. The zero-order valence-corrected chi connectivity index (χ0v) is 12.0. The summed E-state index contributed by atoms with van der Waals surface area (Å²) in [7, 11) is 3.03. The van der Waals surface area contributed by atoms with E-state index in [1.807, 2.05) is 0 Å². The second kappa shape index (κ2) is 6.51. The molecule has 0 atom stereocenters. The summed E-state index contributed by atoms with van der Waals surface area (Å²) in [5.74, 6) is 1.09. The molecule has 22 heavy (non-hydrogen) atoms. The Morgan fingerprint density at radius 3 is 2.32 bits per heavy atom. The molecular weight excluding hydrogens is 295 g/mol. The van der Waals surface area contributed by atoms with Crippen LogP contribution in [0, 0.1) is 0 Å². The summed E-state index contributed by atoms with van der Waals surface area (Å²) in [5.41, 5.74) is 0.189. The Morgan fingerprint density at radius 1 is 0.955 bits per heavy atom. The van der Waals surface area contributed by atoms with Crippen LogP contribution in [0.4, 0.5) is 18.9 Å². The van der Waals surface area contributed by atoms with Crippen LogP contribution in [-0.4, -0.2) is 20.4 Å². The van der Waals surface area contributed by atoms with Crippen molar-refractivity contribution < 1.29 is 22.6 Å². The number of benzene rings is 2. The molecule has 3 nitrogen and oxygen atoms in total. The number of nitrogens with zero attached hydrogens (tertiary/aromatic N) is 1. The van der Waals surface area contributed by atoms with Gasteiger partial charge in [-0.1, -0.05) is 6.07 Å². The number of halogens is 3. The van der Waals surface area contributed by atoms with Crippen LogP contribution in [0.3, 0.4) is 0 Å². The van der Waals surface area contributed by atoms with Crippen LogP contribution in [0.25, 0.3) is 0 Å². The van der Waals surface area contributed by atoms with Crippen LogP contribution in [0.15, 0.2) is 47.5 Å². The zero-order valence-electron chi connectivity index (χ0n) is 12.0. The molecule has 0 saturated heterocycles. The first-order valence-corrected chi connectivity index (χ1v) is 6.37. The average molecular weight is 309 g/mol. The Labute approximate surface area is 126 Å². The highest BCUT2D eigenvalue weighted by atomic mass is 19.4. The van der Waals surface area contributed by atoms with Crippen LogP contribution in [0.5, 0.6) is 11.5 Å². The molecule has 6 heteroatoms. The van der Waals surface area contributed by atoms with Crippen molar-refractivity contribution in [3.05, 3.63) is 53.6 Å². The molecular formula is C16H14F3NO2. The number of rotatable bonds is 4. The maximum atomic E-state index is 12.6. The number of hydrogen-bond donors (Lipinski definition) is 0. The van der Waals surface area contributed by atoms with Gasteiger partial charge in [-0.2, -0.15) is 13.2 Å². The van der Waals surface area contributed by atoms with Crippen molar-refractivity contribution in [3.8, 4) is 11.5 Å². The lowest BCUT2D eigenvalue weighted by Crippen LogP contribution is -2.03. The number of hydrogen-bond acceptors (Lipinski definition) is 3. The summed E-state index contributed by atoms with van der Waals surface area (Å²) in [5, 5.41) is 0. The van der Waals surface area contributed by atoms with Gasteiger partial charge in [-0.25, -0.2) is 0 Å². The fourth-order valence-corrected chi connectivity index (χ4v) is 1.84. The first-order chi connectivity index (χ1) is 10.4. The number of ether oxygens (including phenoxy) is 2. The average Bonchev–Trinajstić information content (AvgIpc) is 2.52. The molecule has 0 aromatic heterocycles. The predicted molar refractivity (Wildman–Crippen MR) is 78.2 cm³/mol. The monoisotopic (exact) mass is 309 g/mol. The second-order valence-corrected chi connectivity index (χ2v) is 4.42. The quantitative estimate of drug-likeness (QED) is 0.780. The smallest absolute Gasteiger partial charge is 0.416 e. The maximum Gasteiger partial charge on any atom is 0.416 e. The van der Waals surface area contributed by atoms with Crippen LogP contribution in [-0.2, 0) is 6.18 Å². The van der Waals surface area contributed by atoms with Crippen LogP contribution < -0.4 is 9.47 Å². The van der Waals surface area contributed by atoms with Gasteiger partial charge in [0, 0.05) is 6.21 Å². The molecule has 2 rings (SSSR count). The van der Waals surface area contributed by atoms with Gasteiger partial charge >= 0.3 is 6.18 Å². The number of methoxy groups -OCH3 is 2. The lowest BCUT2D eigenvalue weighted by atomic mass is 10.2. The van der Waals surface area contributed by atoms with Crippen LogP contribution >= 0.6 is 0 Å². The fourth-order valence-electron chi connectivity index (χ4n) is 1.84. The van der Waals surface area contributed by atoms with Gasteiger partial charge in [0.1, 0.15) is 0 Å². The van der Waals surface area contributed by atoms with E-state index in [0.29, 0.717) is 17.1 Å². The highest BCUT2D eigenvalue weighted by Gasteiger charge is 2.30. The first-order valence-electron chi connectivity index (χ1n) is 6.37. The van der Waals surface area contributed by atoms with E-state index >= 15 is 0 Å². The molecule has 0 unspecified atom stereocenters. The second-order valence-electron chi connectivity index (χ2n) is 4.42. The third-order valence-electron chi connectivity index (χ3n) is 2.94. The van der Waals surface area contributed by atoms with E-state index in [-0.39, 0.29) is 5.69 Å². The highest BCUT2D eigenvalue weighted by Crippen LogP contribution is 2.31. The van der Waals surface area contributed by atoms with Crippen molar-refractivity contribution in [2.24, 2.45) is 4.99 Å². The summed E-state index contributed by atoms with van der Waals surface area (Å²) in [6.07, 6.45) is -2.91. The van der Waals surface area contributed by atoms with E-state index in [4.69, 9.17) is 9.47 Å². The van der Waals surface area contributed by atoms with Gasteiger partial charge in [0.25, 0.3) is 0 Å². The van der Waals surface area contributed by atoms with Crippen molar-refractivity contribution in [2.75, 3.05) is 14.2 Å². The van der Waals surface area contributed by atoms with E-state index in [9.17, 15) is 13.2 Å². The van der Waals surface area contributed by atoms with Crippen LogP contribution in [0.2, 0.25) is 0 Å². The minimum Gasteiger partial charge on any atom is -0.493 e. The van der Waals surface area contributed by atoms with Gasteiger partial charge < -0.3 is 9.47 Å². The van der Waals surface area contributed by atoms with Gasteiger partial charge in [0.2, 0.25) is 0 Å². The summed E-state index contributed by atoms with van der Waals surface area (Å²) in [4.78, 5) is 4.06. The van der Waals surface area contributed by atoms with E-state index in [0.717, 1.165) is 12.1 Å². The van der Waals surface area contributed by atoms with E-state index in [1.54, 1.807) is 18.2 Å². The molecule has 0 aliphatic carbocycles. The van der Waals surface area contributed by atoms with Crippen molar-refractivity contribution in [3.63, 3.8) is 0 Å². The lowest BCUT2D eigenvalue weighted by molar-refractivity contribution is -0.137. The predicted octanol–water partition coefficient (Wildman–Crippen LogP) is 4.47. The van der Waals surface area contributed by atoms with Gasteiger partial charge in [-0.05, 0) is 42.0 Å². The lowest BCUT2D eigenvalue weighted by Gasteiger charge is -2.08. The molecule has 0 N–H and O–H groups in total. The molecule has 116 valence electrons. The SMILES string of the molecule is COc1ccc(C=Nc2cccc(C(F)(F)F)c2)cc1OC. The van der Waals surface area contributed by atoms with Gasteiger partial charge in [0.15, 0.2) is 11.5 Å². The molecule has 2 aromatic carbocycles. The van der Waals surface area contributed by atoms with Crippen LogP contribution in [0.1, 0.15) is 11.1 Å². The summed E-state index contributed by atoms with van der Waals surface area (Å²) in [6.45, 7) is 0. The van der Waals surface area contributed by atoms with Crippen molar-refractivity contribution in [1.82, 2.24) is 0 Å². The van der Waals surface area contributed by atoms with Crippen molar-refractivity contribution in [2.45, 2.75) is 6.18 Å². The van der Waals surface area contributed by atoms with E-state index in [1.165, 1.54) is 32.6 Å². The Morgan fingerprint density at radius 2 is 1.68 bits per heavy atom. The minimum atomic E-state index is -4.38. The normalized spacial score (nSPS) is 11.7. The highest BCUT2D eigenvalue weighted by molar-refractivity contribution is 5.83. The molecule has 2 aromatic rings. The largest absolute Gasteiger partial charge is 0.493 e. The van der Waals surface area contributed by atoms with Gasteiger partial charge in [-0.15, -0.1) is 0 Å². The third kappa shape index (κ3) is 3.78. The Balaban J connectivity index is 2.25. The molecule has 0 heterocycles. The van der Waals surface area contributed by atoms with Gasteiger partial charge in [0.05, 0.1) is 25.5 Å². The molecule has 0 radical (unpaired) electrons. The Hall–Kier alpha value is -2.50. The summed E-state index contributed by atoms with van der Waals surface area (Å²) >= 11 is 0. The topological polar surface area (TPSA) is 30.8 Å². The number of alkyl halides is 3. The fraction of sp³-hybridized carbons (Fsp3) is 0.188. The Bertz CT molecular complexity index is 681. The Kier molecular flexibility index (Phi) is 4.70. The maximum absolute atomic E-state index is 12.6. The third-order valence-corrected chi connectivity index (χ3v) is 2.94. The van der Waals surface area contributed by atoms with E-state index in [2.05, 4.69) is 4.99 Å².